The molecular formula is C18H13ClN4O2S. The lowest BCUT2D eigenvalue weighted by molar-refractivity contribution is -0.115. The summed E-state index contributed by atoms with van der Waals surface area (Å²) in [5, 5.41) is 20.3. The van der Waals surface area contributed by atoms with E-state index in [0.29, 0.717) is 33.1 Å². The van der Waals surface area contributed by atoms with Crippen molar-refractivity contribution in [3.05, 3.63) is 59.1 Å². The average molecular weight is 385 g/mol. The van der Waals surface area contributed by atoms with Gasteiger partial charge in [0.15, 0.2) is 0 Å². The molecule has 3 aromatic rings. The average Bonchev–Trinajstić information content (AvgIpc) is 3.11. The molecule has 8 heteroatoms. The van der Waals surface area contributed by atoms with E-state index in [9.17, 15) is 4.79 Å². The lowest BCUT2D eigenvalue weighted by atomic mass is 10.2. The maximum atomic E-state index is 12.0. The lowest BCUT2D eigenvalue weighted by Crippen LogP contribution is -2.12. The molecule has 0 aliphatic carbocycles. The van der Waals surface area contributed by atoms with Crippen LogP contribution >= 0.6 is 23.4 Å². The molecule has 130 valence electrons. The van der Waals surface area contributed by atoms with Crippen LogP contribution in [0.25, 0.3) is 11.5 Å². The molecule has 0 saturated heterocycles. The zero-order valence-corrected chi connectivity index (χ0v) is 15.0. The number of aromatic nitrogens is 2. The fourth-order valence-corrected chi connectivity index (χ4v) is 3.02. The fraction of sp³-hybridized carbons (Fsp3) is 0.111. The Morgan fingerprint density at radius 3 is 2.77 bits per heavy atom. The number of anilines is 1. The molecule has 26 heavy (non-hydrogen) atoms. The third-order valence-corrected chi connectivity index (χ3v) is 4.49. The van der Waals surface area contributed by atoms with E-state index in [4.69, 9.17) is 21.3 Å². The molecule has 2 aromatic carbocycles. The minimum absolute atomic E-state index is 0.166. The normalized spacial score (nSPS) is 10.3. The van der Waals surface area contributed by atoms with Crippen molar-refractivity contribution in [2.45, 2.75) is 11.6 Å². The van der Waals surface area contributed by atoms with Gasteiger partial charge in [-0.3, -0.25) is 4.79 Å². The molecule has 0 aliphatic rings. The summed E-state index contributed by atoms with van der Waals surface area (Å²) in [6, 6.07) is 16.2. The van der Waals surface area contributed by atoms with Crippen molar-refractivity contribution < 1.29 is 9.21 Å². The van der Waals surface area contributed by atoms with Crippen LogP contribution in [-0.2, 0) is 4.79 Å². The highest BCUT2D eigenvalue weighted by molar-refractivity contribution is 7.99. The van der Waals surface area contributed by atoms with Gasteiger partial charge in [0.1, 0.15) is 6.07 Å². The Balaban J connectivity index is 1.49. The summed E-state index contributed by atoms with van der Waals surface area (Å²) < 4.78 is 5.57. The van der Waals surface area contributed by atoms with E-state index in [2.05, 4.69) is 15.5 Å². The van der Waals surface area contributed by atoms with Gasteiger partial charge in [-0.15, -0.1) is 10.2 Å². The van der Waals surface area contributed by atoms with Crippen molar-refractivity contribution in [1.29, 1.82) is 5.26 Å². The number of rotatable bonds is 6. The number of nitrogens with one attached hydrogen (secondary N) is 1. The Bertz CT molecular complexity index is 953. The topological polar surface area (TPSA) is 91.8 Å². The highest BCUT2D eigenvalue weighted by Crippen LogP contribution is 2.24. The highest BCUT2D eigenvalue weighted by atomic mass is 35.5. The molecule has 0 unspecified atom stereocenters. The predicted molar refractivity (Wildman–Crippen MR) is 99.9 cm³/mol. The number of carbonyl (C=O) groups is 1. The summed E-state index contributed by atoms with van der Waals surface area (Å²) in [5.41, 5.74) is 1.77. The Labute approximate surface area is 159 Å². The van der Waals surface area contributed by atoms with Crippen molar-refractivity contribution in [2.75, 3.05) is 11.1 Å². The molecule has 3 rings (SSSR count). The molecule has 1 N–H and O–H groups in total. The minimum Gasteiger partial charge on any atom is -0.411 e. The second-order valence-electron chi connectivity index (χ2n) is 5.19. The van der Waals surface area contributed by atoms with E-state index in [1.165, 1.54) is 11.8 Å². The standard InChI is InChI=1S/C18H13ClN4O2S/c19-15-10-14(7-6-13(15)11-20)21-16(24)8-9-26-18-23-22-17(25-18)12-4-2-1-3-5-12/h1-7,10H,8-9H2,(H,21,24). The third-order valence-electron chi connectivity index (χ3n) is 3.36. The second kappa shape index (κ2) is 8.52. The van der Waals surface area contributed by atoms with Crippen molar-refractivity contribution in [1.82, 2.24) is 10.2 Å². The Morgan fingerprint density at radius 2 is 2.04 bits per heavy atom. The predicted octanol–water partition coefficient (Wildman–Crippen LogP) is 4.38. The van der Waals surface area contributed by atoms with Gasteiger partial charge in [-0.05, 0) is 30.3 Å². The van der Waals surface area contributed by atoms with Crippen LogP contribution in [0.3, 0.4) is 0 Å². The van der Waals surface area contributed by atoms with Crippen LogP contribution in [0.2, 0.25) is 5.02 Å². The quantitative estimate of drug-likeness (QED) is 0.634. The van der Waals surface area contributed by atoms with Crippen LogP contribution in [0, 0.1) is 11.3 Å². The van der Waals surface area contributed by atoms with Crippen LogP contribution in [-0.4, -0.2) is 21.9 Å². The molecule has 6 nitrogen and oxygen atoms in total. The molecule has 0 aliphatic heterocycles. The molecule has 0 bridgehead atoms. The number of thioether (sulfide) groups is 1. The van der Waals surface area contributed by atoms with Gasteiger partial charge in [-0.1, -0.05) is 41.6 Å². The molecule has 1 aromatic heterocycles. The number of hydrogen-bond donors (Lipinski definition) is 1. The first-order valence-electron chi connectivity index (χ1n) is 7.67. The Kier molecular flexibility index (Phi) is 5.89. The maximum Gasteiger partial charge on any atom is 0.276 e. The molecular weight excluding hydrogens is 372 g/mol. The van der Waals surface area contributed by atoms with Gasteiger partial charge in [-0.2, -0.15) is 5.26 Å². The highest BCUT2D eigenvalue weighted by Gasteiger charge is 2.10. The first kappa shape index (κ1) is 18.0. The van der Waals surface area contributed by atoms with E-state index < -0.39 is 0 Å². The number of halogens is 1. The van der Waals surface area contributed by atoms with Crippen molar-refractivity contribution >= 4 is 35.0 Å². The van der Waals surface area contributed by atoms with Gasteiger partial charge in [-0.25, -0.2) is 0 Å². The van der Waals surface area contributed by atoms with E-state index in [0.717, 1.165) is 5.56 Å². The van der Waals surface area contributed by atoms with Gasteiger partial charge in [0.25, 0.3) is 5.22 Å². The first-order chi connectivity index (χ1) is 12.7. The van der Waals surface area contributed by atoms with E-state index in [-0.39, 0.29) is 12.3 Å². The lowest BCUT2D eigenvalue weighted by Gasteiger charge is -2.05. The van der Waals surface area contributed by atoms with Gasteiger partial charge in [0, 0.05) is 23.4 Å². The molecule has 1 heterocycles. The third kappa shape index (κ3) is 4.63. The van der Waals surface area contributed by atoms with Crippen LogP contribution in [0.5, 0.6) is 0 Å². The Hall–Kier alpha value is -2.82. The second-order valence-corrected chi connectivity index (χ2v) is 6.65. The smallest absolute Gasteiger partial charge is 0.276 e. The first-order valence-corrected chi connectivity index (χ1v) is 9.03. The SMILES string of the molecule is N#Cc1ccc(NC(=O)CCSc2nnc(-c3ccccc3)o2)cc1Cl. The number of carbonyl (C=O) groups excluding carboxylic acids is 1. The van der Waals surface area contributed by atoms with Crippen LogP contribution in [0.15, 0.2) is 58.2 Å². The summed E-state index contributed by atoms with van der Waals surface area (Å²) in [6.07, 6.45) is 0.269. The van der Waals surface area contributed by atoms with E-state index >= 15 is 0 Å². The van der Waals surface area contributed by atoms with Crippen molar-refractivity contribution in [2.24, 2.45) is 0 Å². The van der Waals surface area contributed by atoms with E-state index in [1.807, 2.05) is 36.4 Å². The fourth-order valence-electron chi connectivity index (χ4n) is 2.10. The van der Waals surface area contributed by atoms with Gasteiger partial charge in [0.05, 0.1) is 10.6 Å². The number of benzene rings is 2. The van der Waals surface area contributed by atoms with Crippen molar-refractivity contribution in [3.8, 4) is 17.5 Å². The zero-order chi connectivity index (χ0) is 18.4. The molecule has 1 amide bonds. The van der Waals surface area contributed by atoms with Crippen molar-refractivity contribution in [3.63, 3.8) is 0 Å². The summed E-state index contributed by atoms with van der Waals surface area (Å²) >= 11 is 7.26. The molecule has 0 spiro atoms. The molecule has 0 fully saturated rings. The van der Waals surface area contributed by atoms with Gasteiger partial charge < -0.3 is 9.73 Å². The minimum atomic E-state index is -0.166. The number of nitrogens with zero attached hydrogens (tertiary/aromatic N) is 3. The number of hydrogen-bond acceptors (Lipinski definition) is 6. The monoisotopic (exact) mass is 384 g/mol. The molecule has 0 radical (unpaired) electrons. The summed E-state index contributed by atoms with van der Waals surface area (Å²) in [5.74, 6) is 0.776. The summed E-state index contributed by atoms with van der Waals surface area (Å²) in [6.45, 7) is 0. The van der Waals surface area contributed by atoms with E-state index in [1.54, 1.807) is 18.2 Å². The zero-order valence-electron chi connectivity index (χ0n) is 13.5. The van der Waals surface area contributed by atoms with Crippen LogP contribution < -0.4 is 5.32 Å². The maximum absolute atomic E-state index is 12.0. The number of amides is 1. The number of nitriles is 1. The van der Waals surface area contributed by atoms with Crippen LogP contribution in [0.1, 0.15) is 12.0 Å². The van der Waals surface area contributed by atoms with Gasteiger partial charge in [0.2, 0.25) is 11.8 Å². The van der Waals surface area contributed by atoms with Gasteiger partial charge >= 0.3 is 0 Å². The molecule has 0 atom stereocenters. The Morgan fingerprint density at radius 1 is 1.23 bits per heavy atom. The largest absolute Gasteiger partial charge is 0.411 e. The van der Waals surface area contributed by atoms with Crippen LogP contribution in [0.4, 0.5) is 5.69 Å². The molecule has 0 saturated carbocycles. The summed E-state index contributed by atoms with van der Waals surface area (Å²) in [4.78, 5) is 12.0. The summed E-state index contributed by atoms with van der Waals surface area (Å²) in [7, 11) is 0.